The molecular weight excluding hydrogens is 639 g/mol. The minimum absolute atomic E-state index is 0.135. The van der Waals surface area contributed by atoms with Gasteiger partial charge in [0.15, 0.2) is 0 Å². The number of pyridine rings is 1. The zero-order valence-electron chi connectivity index (χ0n) is 27.9. The second kappa shape index (κ2) is 13.3. The Bertz CT molecular complexity index is 1890. The number of halogens is 3. The maximum absolute atomic E-state index is 14.2. The second-order valence-corrected chi connectivity index (χ2v) is 13.5. The van der Waals surface area contributed by atoms with E-state index in [9.17, 15) is 27.6 Å². The van der Waals surface area contributed by atoms with E-state index in [0.29, 0.717) is 29.1 Å². The number of piperazine rings is 1. The average molecular weight is 678 g/mol. The normalized spacial score (nSPS) is 15.1. The first-order valence-electron chi connectivity index (χ1n) is 15.6. The van der Waals surface area contributed by atoms with Crippen LogP contribution in [-0.2, 0) is 22.3 Å². The molecule has 1 saturated heterocycles. The maximum atomic E-state index is 14.2. The molecule has 49 heavy (non-hydrogen) atoms. The van der Waals surface area contributed by atoms with Crippen LogP contribution in [0, 0.1) is 0 Å². The number of nitrogens with zero attached hydrogens (tertiary/aromatic N) is 3. The number of anilines is 1. The van der Waals surface area contributed by atoms with E-state index in [1.54, 1.807) is 73.0 Å². The molecule has 0 bridgehead atoms. The summed E-state index contributed by atoms with van der Waals surface area (Å²) in [6.45, 7) is 9.84. The van der Waals surface area contributed by atoms with Gasteiger partial charge < -0.3 is 30.0 Å². The summed E-state index contributed by atoms with van der Waals surface area (Å²) >= 11 is 0. The summed E-state index contributed by atoms with van der Waals surface area (Å²) in [5, 5.41) is 2.82. The first-order chi connectivity index (χ1) is 22.9. The summed E-state index contributed by atoms with van der Waals surface area (Å²) in [7, 11) is 0. The number of rotatable bonds is 6. The lowest BCUT2D eigenvalue weighted by Gasteiger charge is -2.47. The van der Waals surface area contributed by atoms with Gasteiger partial charge in [-0.2, -0.15) is 13.2 Å². The lowest BCUT2D eigenvalue weighted by molar-refractivity contribution is -0.136. The van der Waals surface area contributed by atoms with Crippen molar-refractivity contribution in [3.05, 3.63) is 89.3 Å². The minimum atomic E-state index is -4.72. The fraction of sp³-hybridized carbons (Fsp3) is 0.333. The van der Waals surface area contributed by atoms with Crippen LogP contribution in [-0.4, -0.2) is 63.5 Å². The van der Waals surface area contributed by atoms with Gasteiger partial charge in [0, 0.05) is 42.9 Å². The molecule has 1 aliphatic heterocycles. The molecule has 0 saturated carbocycles. The fourth-order valence-electron chi connectivity index (χ4n) is 5.57. The van der Waals surface area contributed by atoms with E-state index in [1.165, 1.54) is 24.4 Å². The third kappa shape index (κ3) is 8.40. The van der Waals surface area contributed by atoms with Gasteiger partial charge in [-0.3, -0.25) is 9.59 Å². The van der Waals surface area contributed by atoms with Crippen LogP contribution in [0.3, 0.4) is 0 Å². The molecule has 0 aliphatic carbocycles. The smallest absolute Gasteiger partial charge is 0.420 e. The number of nitrogen functional groups attached to an aromatic ring is 1. The summed E-state index contributed by atoms with van der Waals surface area (Å²) in [4.78, 5) is 45.7. The maximum Gasteiger partial charge on any atom is 0.420 e. The average Bonchev–Trinajstić information content (AvgIpc) is 3.44. The van der Waals surface area contributed by atoms with Crippen LogP contribution in [0.15, 0.2) is 71.3 Å². The summed E-state index contributed by atoms with van der Waals surface area (Å²) in [5.74, 6) is -0.248. The molecule has 0 spiro atoms. The largest absolute Gasteiger partial charge is 0.459 e. The number of nitrogens with two attached hydrogens (primary N) is 1. The molecule has 4 aromatic rings. The third-order valence-corrected chi connectivity index (χ3v) is 7.91. The zero-order chi connectivity index (χ0) is 35.7. The van der Waals surface area contributed by atoms with E-state index in [-0.39, 0.29) is 47.8 Å². The fourth-order valence-corrected chi connectivity index (χ4v) is 5.57. The molecule has 5 rings (SSSR count). The number of carbonyl (C=O) groups is 3. The molecule has 2 aromatic heterocycles. The van der Waals surface area contributed by atoms with Gasteiger partial charge in [-0.05, 0) is 99.8 Å². The van der Waals surface area contributed by atoms with Crippen molar-refractivity contribution < 1.29 is 36.7 Å². The predicted octanol–water partition coefficient (Wildman–Crippen LogP) is 6.90. The number of hydrogen-bond acceptors (Lipinski definition) is 7. The van der Waals surface area contributed by atoms with E-state index in [4.69, 9.17) is 14.9 Å². The molecule has 3 N–H and O–H groups in total. The van der Waals surface area contributed by atoms with E-state index >= 15 is 0 Å². The summed E-state index contributed by atoms with van der Waals surface area (Å²) < 4.78 is 53.6. The van der Waals surface area contributed by atoms with Crippen molar-refractivity contribution >= 4 is 40.8 Å². The first-order valence-corrected chi connectivity index (χ1v) is 15.6. The molecule has 13 heteroatoms. The van der Waals surface area contributed by atoms with Gasteiger partial charge in [0.05, 0.1) is 17.6 Å². The van der Waals surface area contributed by atoms with E-state index in [2.05, 4.69) is 10.3 Å². The van der Waals surface area contributed by atoms with Crippen LogP contribution in [0.5, 0.6) is 0 Å². The number of carbonyl (C=O) groups excluding carboxylic acids is 3. The number of hydrogen-bond donors (Lipinski definition) is 2. The Kier molecular flexibility index (Phi) is 9.49. The lowest BCUT2D eigenvalue weighted by Crippen LogP contribution is -2.62. The Morgan fingerprint density at radius 1 is 1.02 bits per heavy atom. The van der Waals surface area contributed by atoms with E-state index in [0.717, 1.165) is 6.07 Å². The van der Waals surface area contributed by atoms with Gasteiger partial charge in [0.1, 0.15) is 22.8 Å². The summed E-state index contributed by atoms with van der Waals surface area (Å²) in [6.07, 6.45) is -0.860. The van der Waals surface area contributed by atoms with Crippen molar-refractivity contribution in [1.29, 1.82) is 0 Å². The van der Waals surface area contributed by atoms with Crippen molar-refractivity contribution in [1.82, 2.24) is 20.1 Å². The van der Waals surface area contributed by atoms with Crippen LogP contribution < -0.4 is 11.1 Å². The summed E-state index contributed by atoms with van der Waals surface area (Å²) in [6, 6.07) is 13.7. The number of benzene rings is 2. The molecule has 1 fully saturated rings. The van der Waals surface area contributed by atoms with Gasteiger partial charge in [0.25, 0.3) is 5.91 Å². The highest BCUT2D eigenvalue weighted by atomic mass is 19.4. The highest BCUT2D eigenvalue weighted by Crippen LogP contribution is 2.39. The molecule has 1 aliphatic rings. The van der Waals surface area contributed by atoms with Crippen LogP contribution >= 0.6 is 0 Å². The molecule has 0 atom stereocenters. The highest BCUT2D eigenvalue weighted by molar-refractivity contribution is 5.96. The Balaban J connectivity index is 1.31. The molecule has 10 nitrogen and oxygen atoms in total. The highest BCUT2D eigenvalue weighted by Gasteiger charge is 2.40. The number of furan rings is 1. The molecule has 3 amide bonds. The number of fused-ring (bicyclic) bond motifs is 1. The standard InChI is InChI=1S/C36H38F3N5O5/c1-34(2,3)49-33(47)43-14-15-44(35(4,5)21-43)32(46)24-10-8-23(9-11-24)25-16-26-17-27(48-31(26)28(18-25)36(37,38)39)20-42-30(45)13-7-22-6-12-29(40)41-19-22/h6-13,16-19H,14-15,20-21H2,1-5H3,(H2,40,41)(H,42,45). The predicted molar refractivity (Wildman–Crippen MR) is 179 cm³/mol. The Morgan fingerprint density at radius 2 is 1.73 bits per heavy atom. The number of amides is 3. The van der Waals surface area contributed by atoms with Crippen LogP contribution in [0.4, 0.5) is 23.8 Å². The van der Waals surface area contributed by atoms with Crippen LogP contribution in [0.25, 0.3) is 28.2 Å². The number of aromatic nitrogens is 1. The molecule has 0 radical (unpaired) electrons. The van der Waals surface area contributed by atoms with Crippen molar-refractivity contribution in [2.45, 2.75) is 58.5 Å². The molecule has 258 valence electrons. The third-order valence-electron chi connectivity index (χ3n) is 7.91. The van der Waals surface area contributed by atoms with Gasteiger partial charge in [0.2, 0.25) is 5.91 Å². The number of ether oxygens (including phenoxy) is 1. The Labute approximate surface area is 281 Å². The van der Waals surface area contributed by atoms with Crippen molar-refractivity contribution in [3.63, 3.8) is 0 Å². The molecule has 0 unspecified atom stereocenters. The number of alkyl halides is 3. The SMILES string of the molecule is CC(C)(C)OC(=O)N1CCN(C(=O)c2ccc(-c3cc(C(F)(F)F)c4oc(CNC(=O)C=Cc5ccc(N)nc5)cc4c3)cc2)C(C)(C)C1. The monoisotopic (exact) mass is 677 g/mol. The van der Waals surface area contributed by atoms with Crippen molar-refractivity contribution in [2.75, 3.05) is 25.4 Å². The van der Waals surface area contributed by atoms with Gasteiger partial charge in [-0.15, -0.1) is 0 Å². The number of nitrogens with one attached hydrogen (secondary N) is 1. The van der Waals surface area contributed by atoms with Crippen molar-refractivity contribution in [2.24, 2.45) is 0 Å². The van der Waals surface area contributed by atoms with Crippen LogP contribution in [0.2, 0.25) is 0 Å². The second-order valence-electron chi connectivity index (χ2n) is 13.5. The summed E-state index contributed by atoms with van der Waals surface area (Å²) in [5.41, 5.74) is 4.68. The lowest BCUT2D eigenvalue weighted by atomic mass is 9.96. The van der Waals surface area contributed by atoms with Gasteiger partial charge >= 0.3 is 12.3 Å². The Morgan fingerprint density at radius 3 is 2.35 bits per heavy atom. The van der Waals surface area contributed by atoms with Gasteiger partial charge in [-0.1, -0.05) is 12.1 Å². The van der Waals surface area contributed by atoms with E-state index in [1.807, 2.05) is 13.8 Å². The molecular formula is C36H38F3N5O5. The van der Waals surface area contributed by atoms with Gasteiger partial charge in [-0.25, -0.2) is 9.78 Å². The molecule has 2 aromatic carbocycles. The minimum Gasteiger partial charge on any atom is -0.459 e. The first kappa shape index (κ1) is 35.0. The van der Waals surface area contributed by atoms with Crippen LogP contribution in [0.1, 0.15) is 61.9 Å². The van der Waals surface area contributed by atoms with Crippen molar-refractivity contribution in [3.8, 4) is 11.1 Å². The Hall–Kier alpha value is -5.33. The molecule has 3 heterocycles. The zero-order valence-corrected chi connectivity index (χ0v) is 27.9. The topological polar surface area (TPSA) is 131 Å². The quantitative estimate of drug-likeness (QED) is 0.212. The van der Waals surface area contributed by atoms with E-state index < -0.39 is 34.9 Å².